The topological polar surface area (TPSA) is 26.3 Å². The number of esters is 1. The molecule has 0 unspecified atom stereocenters. The number of carbonyl (C=O) groups excluding carboxylic acids is 1. The molecule has 2 heteroatoms. The molecule has 0 saturated carbocycles. The highest BCUT2D eigenvalue weighted by Crippen LogP contribution is 2.07. The Morgan fingerprint density at radius 2 is 2.00 bits per heavy atom. The number of hydrogen-bond donors (Lipinski definition) is 0. The first-order chi connectivity index (χ1) is 6.81. The minimum Gasteiger partial charge on any atom is -0.461 e. The predicted octanol–water partition coefficient (Wildman–Crippen LogP) is 3.24. The Morgan fingerprint density at radius 1 is 1.43 bits per heavy atom. The van der Waals surface area contributed by atoms with Crippen LogP contribution in [0.25, 0.3) is 0 Å². The van der Waals surface area contributed by atoms with Gasteiger partial charge in [-0.2, -0.15) is 0 Å². The lowest BCUT2D eigenvalue weighted by Crippen LogP contribution is -2.00. The first kappa shape index (κ1) is 12.9. The number of rotatable bonds is 3. The quantitative estimate of drug-likeness (QED) is 0.511. The summed E-state index contributed by atoms with van der Waals surface area (Å²) in [4.78, 5) is 10.3. The molecule has 0 N–H and O–H groups in total. The Balaban J connectivity index is 0.000000249. The molecule has 0 bridgehead atoms. The van der Waals surface area contributed by atoms with E-state index < -0.39 is 0 Å². The summed E-state index contributed by atoms with van der Waals surface area (Å²) in [6.07, 6.45) is 12.0. The van der Waals surface area contributed by atoms with Gasteiger partial charge in [0.25, 0.3) is 0 Å². The maximum absolute atomic E-state index is 10.3. The summed E-state index contributed by atoms with van der Waals surface area (Å²) in [7, 11) is 0. The first-order valence-electron chi connectivity index (χ1n) is 5.22. The van der Waals surface area contributed by atoms with Crippen molar-refractivity contribution in [1.82, 2.24) is 0 Å². The highest BCUT2D eigenvalue weighted by Gasteiger charge is 1.92. The molecular formula is C12H20O2. The average Bonchev–Trinajstić information content (AvgIpc) is 2.29. The van der Waals surface area contributed by atoms with Crippen molar-refractivity contribution < 1.29 is 9.53 Å². The summed E-state index contributed by atoms with van der Waals surface area (Å²) in [5.74, 6) is -0.176. The fourth-order valence-corrected chi connectivity index (χ4v) is 1.01. The van der Waals surface area contributed by atoms with Crippen LogP contribution < -0.4 is 0 Å². The molecule has 0 aliphatic heterocycles. The Bertz CT molecular complexity index is 175. The van der Waals surface area contributed by atoms with E-state index in [4.69, 9.17) is 0 Å². The molecule has 0 saturated heterocycles. The molecule has 0 spiro atoms. The Labute approximate surface area is 86.6 Å². The lowest BCUT2D eigenvalue weighted by molar-refractivity contribution is -0.141. The minimum atomic E-state index is -0.176. The van der Waals surface area contributed by atoms with Crippen molar-refractivity contribution in [1.29, 1.82) is 0 Å². The zero-order valence-electron chi connectivity index (χ0n) is 9.00. The monoisotopic (exact) mass is 196 g/mol. The molecule has 0 heterocycles. The molecular weight excluding hydrogens is 176 g/mol. The third kappa shape index (κ3) is 9.04. The molecule has 0 aromatic rings. The SMILES string of the molecule is C1=CCCCC1.C=CCOC(=O)CC. The number of hydrogen-bond acceptors (Lipinski definition) is 2. The highest BCUT2D eigenvalue weighted by molar-refractivity contribution is 5.68. The van der Waals surface area contributed by atoms with Crippen LogP contribution in [0.15, 0.2) is 24.8 Å². The smallest absolute Gasteiger partial charge is 0.305 e. The van der Waals surface area contributed by atoms with E-state index in [1.165, 1.54) is 25.7 Å². The van der Waals surface area contributed by atoms with Crippen LogP contribution in [0.1, 0.15) is 39.0 Å². The molecule has 0 radical (unpaired) electrons. The second-order valence-corrected chi connectivity index (χ2v) is 3.08. The number of carbonyl (C=O) groups is 1. The van der Waals surface area contributed by atoms with Gasteiger partial charge in [0.1, 0.15) is 6.61 Å². The molecule has 1 rings (SSSR count). The molecule has 2 nitrogen and oxygen atoms in total. The van der Waals surface area contributed by atoms with Gasteiger partial charge in [-0.15, -0.1) is 0 Å². The van der Waals surface area contributed by atoms with Gasteiger partial charge in [0, 0.05) is 6.42 Å². The zero-order valence-corrected chi connectivity index (χ0v) is 9.00. The van der Waals surface area contributed by atoms with Crippen molar-refractivity contribution in [2.45, 2.75) is 39.0 Å². The molecule has 0 aromatic heterocycles. The Morgan fingerprint density at radius 3 is 2.29 bits per heavy atom. The van der Waals surface area contributed by atoms with Gasteiger partial charge in [0.2, 0.25) is 0 Å². The van der Waals surface area contributed by atoms with Crippen LogP contribution in [0.5, 0.6) is 0 Å². The zero-order chi connectivity index (χ0) is 10.6. The third-order valence-corrected chi connectivity index (χ3v) is 1.81. The van der Waals surface area contributed by atoms with Gasteiger partial charge >= 0.3 is 5.97 Å². The standard InChI is InChI=1S/C6H10O2.C6H10/c1-3-5-8-6(7)4-2;1-2-4-6-5-3-1/h3H,1,4-5H2,2H3;1-2H,3-6H2. The fraction of sp³-hybridized carbons (Fsp3) is 0.583. The van der Waals surface area contributed by atoms with Crippen molar-refractivity contribution in [3.8, 4) is 0 Å². The summed E-state index contributed by atoms with van der Waals surface area (Å²) in [6, 6.07) is 0. The highest BCUT2D eigenvalue weighted by atomic mass is 16.5. The van der Waals surface area contributed by atoms with Gasteiger partial charge in [-0.25, -0.2) is 0 Å². The summed E-state index contributed by atoms with van der Waals surface area (Å²) in [5, 5.41) is 0. The maximum atomic E-state index is 10.3. The van der Waals surface area contributed by atoms with Crippen molar-refractivity contribution in [3.05, 3.63) is 24.8 Å². The van der Waals surface area contributed by atoms with Crippen LogP contribution in [-0.2, 0) is 9.53 Å². The first-order valence-corrected chi connectivity index (χ1v) is 5.22. The molecule has 0 fully saturated rings. The van der Waals surface area contributed by atoms with Crippen LogP contribution in [-0.4, -0.2) is 12.6 Å². The van der Waals surface area contributed by atoms with Crippen LogP contribution in [0.2, 0.25) is 0 Å². The van der Waals surface area contributed by atoms with Gasteiger partial charge in [-0.3, -0.25) is 4.79 Å². The number of ether oxygens (including phenoxy) is 1. The second-order valence-electron chi connectivity index (χ2n) is 3.08. The van der Waals surface area contributed by atoms with E-state index in [1.807, 2.05) is 0 Å². The largest absolute Gasteiger partial charge is 0.461 e. The fourth-order valence-electron chi connectivity index (χ4n) is 1.01. The van der Waals surface area contributed by atoms with Crippen molar-refractivity contribution in [2.75, 3.05) is 6.61 Å². The molecule has 1 aliphatic carbocycles. The minimum absolute atomic E-state index is 0.176. The molecule has 0 aromatic carbocycles. The van der Waals surface area contributed by atoms with Crippen LogP contribution in [0.4, 0.5) is 0 Å². The van der Waals surface area contributed by atoms with Gasteiger partial charge in [-0.05, 0) is 25.7 Å². The Kier molecular flexibility index (Phi) is 9.28. The van der Waals surface area contributed by atoms with E-state index in [9.17, 15) is 4.79 Å². The van der Waals surface area contributed by atoms with E-state index >= 15 is 0 Å². The van der Waals surface area contributed by atoms with Crippen molar-refractivity contribution in [3.63, 3.8) is 0 Å². The molecule has 0 amide bonds. The molecule has 1 aliphatic rings. The maximum Gasteiger partial charge on any atom is 0.305 e. The predicted molar refractivity (Wildman–Crippen MR) is 59.1 cm³/mol. The third-order valence-electron chi connectivity index (χ3n) is 1.81. The summed E-state index contributed by atoms with van der Waals surface area (Å²) >= 11 is 0. The second kappa shape index (κ2) is 10.0. The van der Waals surface area contributed by atoms with E-state index in [-0.39, 0.29) is 5.97 Å². The molecule has 80 valence electrons. The van der Waals surface area contributed by atoms with Gasteiger partial charge in [0.05, 0.1) is 0 Å². The van der Waals surface area contributed by atoms with Crippen LogP contribution >= 0.6 is 0 Å². The van der Waals surface area contributed by atoms with E-state index in [0.29, 0.717) is 13.0 Å². The van der Waals surface area contributed by atoms with E-state index in [2.05, 4.69) is 23.5 Å². The molecule has 14 heavy (non-hydrogen) atoms. The van der Waals surface area contributed by atoms with Crippen molar-refractivity contribution in [2.24, 2.45) is 0 Å². The lowest BCUT2D eigenvalue weighted by atomic mass is 10.1. The van der Waals surface area contributed by atoms with Crippen LogP contribution in [0.3, 0.4) is 0 Å². The summed E-state index contributed by atoms with van der Waals surface area (Å²) in [5.41, 5.74) is 0. The summed E-state index contributed by atoms with van der Waals surface area (Å²) in [6.45, 7) is 5.47. The van der Waals surface area contributed by atoms with Gasteiger partial charge < -0.3 is 4.74 Å². The van der Waals surface area contributed by atoms with E-state index in [1.54, 1.807) is 13.0 Å². The van der Waals surface area contributed by atoms with Crippen molar-refractivity contribution >= 4 is 5.97 Å². The Hall–Kier alpha value is -1.05. The van der Waals surface area contributed by atoms with Gasteiger partial charge in [-0.1, -0.05) is 31.7 Å². The molecule has 0 atom stereocenters. The number of allylic oxidation sites excluding steroid dienone is 2. The summed E-state index contributed by atoms with van der Waals surface area (Å²) < 4.78 is 4.58. The van der Waals surface area contributed by atoms with Crippen LogP contribution in [0, 0.1) is 0 Å². The normalized spacial score (nSPS) is 13.8. The lowest BCUT2D eigenvalue weighted by Gasteiger charge is -1.97. The van der Waals surface area contributed by atoms with E-state index in [0.717, 1.165) is 0 Å². The van der Waals surface area contributed by atoms with Gasteiger partial charge in [0.15, 0.2) is 0 Å². The average molecular weight is 196 g/mol.